The molecule has 0 aliphatic heterocycles. The molecular formula is C10H14ClIS. The first-order valence-corrected chi connectivity index (χ1v) is 5.96. The van der Waals surface area contributed by atoms with Gasteiger partial charge in [0.25, 0.3) is 0 Å². The third-order valence-electron chi connectivity index (χ3n) is 1.64. The van der Waals surface area contributed by atoms with E-state index in [9.17, 15) is 0 Å². The molecule has 74 valence electrons. The van der Waals surface area contributed by atoms with Gasteiger partial charge in [0.05, 0.1) is 5.88 Å². The van der Waals surface area contributed by atoms with Crippen molar-refractivity contribution < 1.29 is 24.0 Å². The number of thiol groups is 1. The van der Waals surface area contributed by atoms with E-state index in [1.165, 1.54) is 29.5 Å². The first-order valence-electron chi connectivity index (χ1n) is 4.16. The molecule has 3 heteroatoms. The summed E-state index contributed by atoms with van der Waals surface area (Å²) in [5, 5.41) is 0. The molecule has 13 heavy (non-hydrogen) atoms. The Morgan fingerprint density at radius 2 is 1.77 bits per heavy atom. The molecule has 0 aromatic heterocycles. The van der Waals surface area contributed by atoms with Crippen LogP contribution in [0.2, 0.25) is 0 Å². The molecule has 0 saturated heterocycles. The molecule has 0 radical (unpaired) electrons. The summed E-state index contributed by atoms with van der Waals surface area (Å²) in [5.41, 5.74) is 1.43. The predicted molar refractivity (Wildman–Crippen MR) is 59.4 cm³/mol. The zero-order chi connectivity index (χ0) is 8.65. The average molecular weight is 329 g/mol. The highest BCUT2D eigenvalue weighted by atomic mass is 127. The van der Waals surface area contributed by atoms with Gasteiger partial charge in [-0.05, 0) is 17.3 Å². The molecule has 0 unspecified atom stereocenters. The first-order chi connectivity index (χ1) is 5.93. The SMILES string of the molecule is ClCC[SH+]CCc1ccccc1.[I-]. The van der Waals surface area contributed by atoms with E-state index < -0.39 is 0 Å². The highest BCUT2D eigenvalue weighted by molar-refractivity contribution is 7.78. The van der Waals surface area contributed by atoms with Crippen molar-refractivity contribution in [3.63, 3.8) is 0 Å². The fourth-order valence-electron chi connectivity index (χ4n) is 1.02. The lowest BCUT2D eigenvalue weighted by molar-refractivity contribution is -0.00000233. The molecule has 1 rings (SSSR count). The van der Waals surface area contributed by atoms with Gasteiger partial charge in [0, 0.05) is 6.42 Å². The number of aryl methyl sites for hydroxylation is 1. The third kappa shape index (κ3) is 6.63. The Kier molecular flexibility index (Phi) is 9.57. The Labute approximate surface area is 106 Å². The predicted octanol–water partition coefficient (Wildman–Crippen LogP) is -0.713. The molecule has 0 saturated carbocycles. The quantitative estimate of drug-likeness (QED) is 0.220. The molecule has 0 spiro atoms. The van der Waals surface area contributed by atoms with Crippen LogP contribution in [0.4, 0.5) is 0 Å². The number of alkyl halides is 1. The van der Waals surface area contributed by atoms with E-state index in [2.05, 4.69) is 30.3 Å². The molecule has 0 atom stereocenters. The van der Waals surface area contributed by atoms with Crippen LogP contribution in [0.1, 0.15) is 5.56 Å². The van der Waals surface area contributed by atoms with Crippen LogP contribution in [-0.4, -0.2) is 17.4 Å². The molecule has 1 aromatic rings. The van der Waals surface area contributed by atoms with Crippen molar-refractivity contribution in [1.82, 2.24) is 0 Å². The number of rotatable bonds is 5. The van der Waals surface area contributed by atoms with E-state index in [1.807, 2.05) is 0 Å². The van der Waals surface area contributed by atoms with Crippen molar-refractivity contribution in [3.05, 3.63) is 35.9 Å². The summed E-state index contributed by atoms with van der Waals surface area (Å²) in [6.45, 7) is 0. The van der Waals surface area contributed by atoms with Crippen molar-refractivity contribution in [2.75, 3.05) is 17.4 Å². The summed E-state index contributed by atoms with van der Waals surface area (Å²) in [5.74, 6) is 3.14. The largest absolute Gasteiger partial charge is 1.00 e. The van der Waals surface area contributed by atoms with Gasteiger partial charge in [0.2, 0.25) is 0 Å². The summed E-state index contributed by atoms with van der Waals surface area (Å²) in [4.78, 5) is 0. The van der Waals surface area contributed by atoms with Crippen molar-refractivity contribution in [2.45, 2.75) is 6.42 Å². The Morgan fingerprint density at radius 1 is 1.08 bits per heavy atom. The molecular weight excluding hydrogens is 315 g/mol. The summed E-state index contributed by atoms with van der Waals surface area (Å²) < 4.78 is 0. The van der Waals surface area contributed by atoms with Gasteiger partial charge >= 0.3 is 0 Å². The molecule has 0 nitrogen and oxygen atoms in total. The second kappa shape index (κ2) is 9.16. The monoisotopic (exact) mass is 328 g/mol. The maximum absolute atomic E-state index is 5.58. The minimum Gasteiger partial charge on any atom is -1.00 e. The normalized spacial score (nSPS) is 9.31. The van der Waals surface area contributed by atoms with Gasteiger partial charge in [-0.3, -0.25) is 0 Å². The van der Waals surface area contributed by atoms with Gasteiger partial charge in [0.1, 0.15) is 11.5 Å². The van der Waals surface area contributed by atoms with Crippen molar-refractivity contribution in [3.8, 4) is 0 Å². The zero-order valence-electron chi connectivity index (χ0n) is 7.42. The van der Waals surface area contributed by atoms with Crippen LogP contribution in [0.15, 0.2) is 30.3 Å². The first kappa shape index (κ1) is 13.6. The van der Waals surface area contributed by atoms with Crippen molar-refractivity contribution in [2.24, 2.45) is 0 Å². The fraction of sp³-hybridized carbons (Fsp3) is 0.400. The molecule has 0 aliphatic rings. The Hall–Kier alpha value is 0.590. The highest BCUT2D eigenvalue weighted by Crippen LogP contribution is 1.99. The van der Waals surface area contributed by atoms with Crippen LogP contribution in [-0.2, 0) is 18.2 Å². The molecule has 0 fully saturated rings. The fourth-order valence-corrected chi connectivity index (χ4v) is 2.14. The van der Waals surface area contributed by atoms with Gasteiger partial charge in [0.15, 0.2) is 0 Å². The number of halogens is 2. The van der Waals surface area contributed by atoms with Crippen LogP contribution in [0.3, 0.4) is 0 Å². The van der Waals surface area contributed by atoms with Crippen LogP contribution >= 0.6 is 11.6 Å². The van der Waals surface area contributed by atoms with Crippen molar-refractivity contribution in [1.29, 1.82) is 0 Å². The molecule has 0 N–H and O–H groups in total. The summed E-state index contributed by atoms with van der Waals surface area (Å²) >= 11 is 7.05. The Morgan fingerprint density at radius 3 is 2.38 bits per heavy atom. The Balaban J connectivity index is 0.00000144. The zero-order valence-corrected chi connectivity index (χ0v) is 11.2. The average Bonchev–Trinajstić information content (AvgIpc) is 2.14. The van der Waals surface area contributed by atoms with E-state index >= 15 is 0 Å². The number of benzene rings is 1. The van der Waals surface area contributed by atoms with Gasteiger partial charge < -0.3 is 24.0 Å². The van der Waals surface area contributed by atoms with Crippen molar-refractivity contribution >= 4 is 23.4 Å². The second-order valence-corrected chi connectivity index (χ2v) is 4.32. The topological polar surface area (TPSA) is 0 Å². The summed E-state index contributed by atoms with van der Waals surface area (Å²) in [7, 11) is 0. The highest BCUT2D eigenvalue weighted by Gasteiger charge is 1.97. The molecule has 1 aromatic carbocycles. The van der Waals surface area contributed by atoms with Gasteiger partial charge in [-0.1, -0.05) is 30.3 Å². The lowest BCUT2D eigenvalue weighted by atomic mass is 10.2. The van der Waals surface area contributed by atoms with E-state index in [1.54, 1.807) is 0 Å². The van der Waals surface area contributed by atoms with Gasteiger partial charge in [-0.2, -0.15) is 0 Å². The Bertz CT molecular complexity index is 203. The van der Waals surface area contributed by atoms with E-state index in [0.29, 0.717) is 0 Å². The number of hydrogen-bond donors (Lipinski definition) is 0. The molecule has 0 amide bonds. The van der Waals surface area contributed by atoms with Gasteiger partial charge in [-0.15, -0.1) is 11.6 Å². The second-order valence-electron chi connectivity index (χ2n) is 2.60. The standard InChI is InChI=1S/C10H13ClS.HI/c11-7-9-12-8-6-10-4-2-1-3-5-10;/h1-5H,6-9H2;1H. The molecule has 0 aliphatic carbocycles. The van der Waals surface area contributed by atoms with Crippen LogP contribution in [0.25, 0.3) is 0 Å². The summed E-state index contributed by atoms with van der Waals surface area (Å²) in [6.07, 6.45) is 1.18. The van der Waals surface area contributed by atoms with Gasteiger partial charge in [-0.25, -0.2) is 0 Å². The smallest absolute Gasteiger partial charge is 0.119 e. The minimum atomic E-state index is 0. The molecule has 0 bridgehead atoms. The van der Waals surface area contributed by atoms with E-state index in [-0.39, 0.29) is 24.0 Å². The maximum atomic E-state index is 5.58. The van der Waals surface area contributed by atoms with E-state index in [4.69, 9.17) is 11.6 Å². The van der Waals surface area contributed by atoms with Crippen LogP contribution < -0.4 is 24.0 Å². The van der Waals surface area contributed by atoms with Crippen LogP contribution in [0, 0.1) is 0 Å². The lowest BCUT2D eigenvalue weighted by Gasteiger charge is -1.94. The van der Waals surface area contributed by atoms with Crippen LogP contribution in [0.5, 0.6) is 0 Å². The van der Waals surface area contributed by atoms with E-state index in [0.717, 1.165) is 11.6 Å². The minimum absolute atomic E-state index is 0. The maximum Gasteiger partial charge on any atom is 0.119 e. The third-order valence-corrected chi connectivity index (χ3v) is 3.18. The summed E-state index contributed by atoms with van der Waals surface area (Å²) in [6, 6.07) is 10.6. The molecule has 0 heterocycles. The number of hydrogen-bond acceptors (Lipinski definition) is 0. The lowest BCUT2D eigenvalue weighted by Crippen LogP contribution is -3.00.